The van der Waals surface area contributed by atoms with Gasteiger partial charge in [-0.1, -0.05) is 24.3 Å². The highest BCUT2D eigenvalue weighted by molar-refractivity contribution is 7.09. The molecule has 180 valence electrons. The zero-order chi connectivity index (χ0) is 24.1. The molecule has 4 rings (SSSR count). The van der Waals surface area contributed by atoms with Crippen molar-refractivity contribution in [2.75, 3.05) is 13.7 Å². The van der Waals surface area contributed by atoms with Crippen molar-refractivity contribution in [1.82, 2.24) is 10.2 Å². The first-order valence-corrected chi connectivity index (χ1v) is 12.5. The van der Waals surface area contributed by atoms with E-state index in [1.165, 1.54) is 0 Å². The molecule has 1 saturated heterocycles. The summed E-state index contributed by atoms with van der Waals surface area (Å²) in [6.45, 7) is 2.71. The van der Waals surface area contributed by atoms with Gasteiger partial charge in [0.25, 0.3) is 0 Å². The van der Waals surface area contributed by atoms with Gasteiger partial charge in [-0.15, -0.1) is 11.3 Å². The molecule has 0 spiro atoms. The van der Waals surface area contributed by atoms with Crippen molar-refractivity contribution >= 4 is 29.1 Å². The summed E-state index contributed by atoms with van der Waals surface area (Å²) >= 11 is 1.56. The molecule has 7 nitrogen and oxygen atoms in total. The minimum Gasteiger partial charge on any atom is -0.497 e. The lowest BCUT2D eigenvalue weighted by Gasteiger charge is -2.35. The van der Waals surface area contributed by atoms with Crippen LogP contribution in [-0.4, -0.2) is 36.4 Å². The highest BCUT2D eigenvalue weighted by atomic mass is 32.1. The van der Waals surface area contributed by atoms with Gasteiger partial charge in [0, 0.05) is 17.0 Å². The van der Waals surface area contributed by atoms with Crippen molar-refractivity contribution in [2.45, 2.75) is 45.7 Å². The Kier molecular flexibility index (Phi) is 7.36. The molecule has 0 unspecified atom stereocenters. The van der Waals surface area contributed by atoms with E-state index in [0.717, 1.165) is 29.0 Å². The van der Waals surface area contributed by atoms with Crippen LogP contribution in [0.2, 0.25) is 0 Å². The van der Waals surface area contributed by atoms with E-state index >= 15 is 0 Å². The maximum atomic E-state index is 13.8. The lowest BCUT2D eigenvalue weighted by molar-refractivity contribution is -0.158. The standard InChI is InChI=1S/C26H30N2O5S/c1-3-33-25(31)26-13-5-4-8-22(26)28(17-18-9-11-19(32-2)12-10-18)24(30)21(26)15-23(29)27-16-20-7-6-14-34-20/h6-12,14,21H,3-5,13,15-17H2,1-2H3,(H,27,29)/t21-,26-/m0/s1. The fourth-order valence-electron chi connectivity index (χ4n) is 4.95. The van der Waals surface area contributed by atoms with Crippen molar-refractivity contribution in [3.8, 4) is 5.75 Å². The molecule has 2 atom stereocenters. The zero-order valence-corrected chi connectivity index (χ0v) is 20.4. The van der Waals surface area contributed by atoms with Crippen molar-refractivity contribution < 1.29 is 23.9 Å². The maximum Gasteiger partial charge on any atom is 0.318 e. The Morgan fingerprint density at radius 3 is 2.71 bits per heavy atom. The maximum absolute atomic E-state index is 13.8. The summed E-state index contributed by atoms with van der Waals surface area (Å²) in [5.74, 6) is -0.924. The number of nitrogens with one attached hydrogen (secondary N) is 1. The molecule has 34 heavy (non-hydrogen) atoms. The highest BCUT2D eigenvalue weighted by Gasteiger charge is 2.62. The number of carbonyl (C=O) groups is 3. The predicted molar refractivity (Wildman–Crippen MR) is 129 cm³/mol. The van der Waals surface area contributed by atoms with Crippen LogP contribution in [0, 0.1) is 11.3 Å². The third-order valence-corrected chi connectivity index (χ3v) is 7.47. The third kappa shape index (κ3) is 4.59. The number of rotatable bonds is 9. The molecule has 0 radical (unpaired) electrons. The van der Waals surface area contributed by atoms with E-state index < -0.39 is 17.3 Å². The summed E-state index contributed by atoms with van der Waals surface area (Å²) in [4.78, 5) is 42.8. The van der Waals surface area contributed by atoms with Crippen molar-refractivity contribution in [3.05, 3.63) is 64.0 Å². The predicted octanol–water partition coefficient (Wildman–Crippen LogP) is 4.04. The molecule has 1 aromatic carbocycles. The Morgan fingerprint density at radius 1 is 1.24 bits per heavy atom. The monoisotopic (exact) mass is 482 g/mol. The molecule has 2 amide bonds. The van der Waals surface area contributed by atoms with Gasteiger partial charge < -0.3 is 19.7 Å². The molecule has 1 aliphatic carbocycles. The number of ether oxygens (including phenoxy) is 2. The number of amides is 2. The van der Waals surface area contributed by atoms with Crippen molar-refractivity contribution in [1.29, 1.82) is 0 Å². The largest absolute Gasteiger partial charge is 0.497 e. The van der Waals surface area contributed by atoms with Crippen LogP contribution in [0.4, 0.5) is 0 Å². The van der Waals surface area contributed by atoms with E-state index in [9.17, 15) is 14.4 Å². The normalized spacial score (nSPS) is 21.6. The van der Waals surface area contributed by atoms with Crippen molar-refractivity contribution in [2.24, 2.45) is 11.3 Å². The summed E-state index contributed by atoms with van der Waals surface area (Å²) in [7, 11) is 1.60. The Balaban J connectivity index is 1.62. The smallest absolute Gasteiger partial charge is 0.318 e. The number of carbonyl (C=O) groups excluding carboxylic acids is 3. The Hall–Kier alpha value is -3.13. The van der Waals surface area contributed by atoms with Crippen LogP contribution in [-0.2, 0) is 32.2 Å². The number of hydrogen-bond donors (Lipinski definition) is 1. The van der Waals surface area contributed by atoms with Crippen LogP contribution in [0.1, 0.15) is 43.0 Å². The van der Waals surface area contributed by atoms with Gasteiger partial charge in [0.05, 0.1) is 32.7 Å². The van der Waals surface area contributed by atoms with Crippen LogP contribution in [0.25, 0.3) is 0 Å². The quantitative estimate of drug-likeness (QED) is 0.546. The van der Waals surface area contributed by atoms with Crippen LogP contribution in [0.5, 0.6) is 5.75 Å². The number of allylic oxidation sites excluding steroid dienone is 1. The first-order valence-electron chi connectivity index (χ1n) is 11.6. The van der Waals surface area contributed by atoms with Gasteiger partial charge in [0.15, 0.2) is 0 Å². The lowest BCUT2D eigenvalue weighted by atomic mass is 9.68. The Labute approximate surface area is 203 Å². The van der Waals surface area contributed by atoms with Gasteiger partial charge >= 0.3 is 5.97 Å². The number of benzene rings is 1. The molecule has 1 aliphatic heterocycles. The average Bonchev–Trinajstić information content (AvgIpc) is 3.45. The molecule has 2 aromatic rings. The molecular weight excluding hydrogens is 452 g/mol. The molecule has 0 bridgehead atoms. The number of fused-ring (bicyclic) bond motifs is 1. The van der Waals surface area contributed by atoms with Gasteiger partial charge in [-0.05, 0) is 55.3 Å². The van der Waals surface area contributed by atoms with E-state index in [2.05, 4.69) is 5.32 Å². The fraction of sp³-hybridized carbons (Fsp3) is 0.423. The number of hydrogen-bond acceptors (Lipinski definition) is 6. The van der Waals surface area contributed by atoms with E-state index in [1.807, 2.05) is 47.9 Å². The summed E-state index contributed by atoms with van der Waals surface area (Å²) in [6, 6.07) is 11.4. The van der Waals surface area contributed by atoms with E-state index in [1.54, 1.807) is 30.3 Å². The van der Waals surface area contributed by atoms with Crippen LogP contribution >= 0.6 is 11.3 Å². The molecule has 2 aliphatic rings. The molecule has 2 heterocycles. The fourth-order valence-corrected chi connectivity index (χ4v) is 5.60. The van der Waals surface area contributed by atoms with E-state index in [0.29, 0.717) is 25.2 Å². The number of esters is 1. The summed E-state index contributed by atoms with van der Waals surface area (Å²) in [5.41, 5.74) is 0.466. The summed E-state index contributed by atoms with van der Waals surface area (Å²) in [6.07, 6.45) is 3.95. The van der Waals surface area contributed by atoms with Crippen LogP contribution in [0.15, 0.2) is 53.6 Å². The summed E-state index contributed by atoms with van der Waals surface area (Å²) < 4.78 is 10.7. The average molecular weight is 483 g/mol. The molecule has 0 saturated carbocycles. The minimum absolute atomic E-state index is 0.0561. The van der Waals surface area contributed by atoms with Gasteiger partial charge in [-0.3, -0.25) is 14.4 Å². The summed E-state index contributed by atoms with van der Waals surface area (Å²) in [5, 5.41) is 4.86. The number of nitrogens with zero attached hydrogens (tertiary/aromatic N) is 1. The van der Waals surface area contributed by atoms with Crippen molar-refractivity contribution in [3.63, 3.8) is 0 Å². The second-order valence-electron chi connectivity index (χ2n) is 8.56. The number of methoxy groups -OCH3 is 1. The molecule has 1 fully saturated rings. The SMILES string of the molecule is CCOC(=O)[C@]12CCCC=C1N(Cc1ccc(OC)cc1)C(=O)[C@@H]2CC(=O)NCc1cccs1. The van der Waals surface area contributed by atoms with Gasteiger partial charge in [-0.2, -0.15) is 0 Å². The third-order valence-electron chi connectivity index (χ3n) is 6.59. The Bertz CT molecular complexity index is 1060. The number of likely N-dealkylation sites (tertiary alicyclic amines) is 1. The van der Waals surface area contributed by atoms with Crippen LogP contribution < -0.4 is 10.1 Å². The topological polar surface area (TPSA) is 84.9 Å². The molecule has 8 heteroatoms. The number of thiophene rings is 1. The second kappa shape index (κ2) is 10.4. The molecule has 1 aromatic heterocycles. The highest BCUT2D eigenvalue weighted by Crippen LogP contribution is 2.54. The van der Waals surface area contributed by atoms with Crippen LogP contribution in [0.3, 0.4) is 0 Å². The lowest BCUT2D eigenvalue weighted by Crippen LogP contribution is -2.43. The van der Waals surface area contributed by atoms with Gasteiger partial charge in [0.1, 0.15) is 11.2 Å². The zero-order valence-electron chi connectivity index (χ0n) is 19.5. The second-order valence-corrected chi connectivity index (χ2v) is 9.59. The molecule has 1 N–H and O–H groups in total. The molecular formula is C26H30N2O5S. The van der Waals surface area contributed by atoms with E-state index in [4.69, 9.17) is 9.47 Å². The van der Waals surface area contributed by atoms with E-state index in [-0.39, 0.29) is 24.8 Å². The van der Waals surface area contributed by atoms with Gasteiger partial charge in [0.2, 0.25) is 11.8 Å². The Morgan fingerprint density at radius 2 is 2.03 bits per heavy atom. The van der Waals surface area contributed by atoms with Gasteiger partial charge in [-0.25, -0.2) is 0 Å². The first kappa shape index (κ1) is 24.0. The minimum atomic E-state index is -1.13. The first-order chi connectivity index (χ1) is 16.5.